The maximum Gasteiger partial charge on any atom is 0.0349 e. The van der Waals surface area contributed by atoms with Gasteiger partial charge in [0.15, 0.2) is 0 Å². The van der Waals surface area contributed by atoms with E-state index in [-0.39, 0.29) is 0 Å². The van der Waals surface area contributed by atoms with E-state index < -0.39 is 0 Å². The van der Waals surface area contributed by atoms with E-state index >= 15 is 0 Å². The minimum atomic E-state index is 1.32. The maximum absolute atomic E-state index is 2.25. The monoisotopic (exact) mass is 256 g/mol. The van der Waals surface area contributed by atoms with Crippen LogP contribution in [0.1, 0.15) is 15.3 Å². The summed E-state index contributed by atoms with van der Waals surface area (Å²) in [7, 11) is 0. The van der Waals surface area contributed by atoms with Crippen molar-refractivity contribution in [1.29, 1.82) is 0 Å². The summed E-state index contributed by atoms with van der Waals surface area (Å²) in [4.78, 5) is 2.64. The second-order valence-electron chi connectivity index (χ2n) is 4.05. The molecule has 0 unspecified atom stereocenters. The van der Waals surface area contributed by atoms with E-state index in [0.717, 1.165) is 0 Å². The Kier molecular flexibility index (Phi) is 2.83. The van der Waals surface area contributed by atoms with Crippen LogP contribution in [-0.2, 0) is 0 Å². The van der Waals surface area contributed by atoms with E-state index in [1.54, 1.807) is 11.3 Å². The number of hydrogen-bond acceptors (Lipinski definition) is 2. The Morgan fingerprint density at radius 3 is 2.59 bits per heavy atom. The minimum absolute atomic E-state index is 1.32. The molecule has 0 atom stereocenters. The number of benzene rings is 1. The third-order valence-electron chi connectivity index (χ3n) is 2.61. The lowest BCUT2D eigenvalue weighted by Gasteiger charge is -1.83. The zero-order valence-corrected chi connectivity index (χ0v) is 11.1. The van der Waals surface area contributed by atoms with Crippen molar-refractivity contribution in [3.8, 4) is 0 Å². The number of rotatable bonds is 2. The fourth-order valence-corrected chi connectivity index (χ4v) is 3.55. The minimum Gasteiger partial charge on any atom is -0.144 e. The first-order chi connectivity index (χ1) is 8.31. The zero-order valence-electron chi connectivity index (χ0n) is 9.51. The molecule has 0 aliphatic carbocycles. The van der Waals surface area contributed by atoms with Crippen LogP contribution in [0.4, 0.5) is 0 Å². The van der Waals surface area contributed by atoms with E-state index in [1.807, 2.05) is 11.3 Å². The first kappa shape index (κ1) is 10.8. The summed E-state index contributed by atoms with van der Waals surface area (Å²) in [6.07, 6.45) is 4.40. The largest absolute Gasteiger partial charge is 0.144 e. The van der Waals surface area contributed by atoms with E-state index in [9.17, 15) is 0 Å². The average Bonchev–Trinajstić information content (AvgIpc) is 2.91. The molecular formula is C15H12S2. The third kappa shape index (κ3) is 2.33. The van der Waals surface area contributed by atoms with Crippen molar-refractivity contribution in [2.24, 2.45) is 0 Å². The third-order valence-corrected chi connectivity index (χ3v) is 4.70. The van der Waals surface area contributed by atoms with Crippen LogP contribution < -0.4 is 0 Å². The summed E-state index contributed by atoms with van der Waals surface area (Å²) in [6.45, 7) is 2.13. The van der Waals surface area contributed by atoms with Crippen molar-refractivity contribution in [3.63, 3.8) is 0 Å². The first-order valence-electron chi connectivity index (χ1n) is 5.53. The fraction of sp³-hybridized carbons (Fsp3) is 0.0667. The molecule has 0 amide bonds. The lowest BCUT2D eigenvalue weighted by molar-refractivity contribution is 1.55. The van der Waals surface area contributed by atoms with E-state index in [0.29, 0.717) is 0 Å². The summed E-state index contributed by atoms with van der Waals surface area (Å²) in [5.74, 6) is 0. The summed E-state index contributed by atoms with van der Waals surface area (Å²) in [5, 5.41) is 3.52. The normalized spacial score (nSPS) is 11.6. The molecule has 1 aromatic carbocycles. The van der Waals surface area contributed by atoms with Gasteiger partial charge in [-0.05, 0) is 53.6 Å². The second-order valence-corrected chi connectivity index (χ2v) is 6.10. The highest BCUT2D eigenvalue weighted by molar-refractivity contribution is 7.19. The van der Waals surface area contributed by atoms with Gasteiger partial charge in [-0.1, -0.05) is 18.2 Å². The Bertz CT molecular complexity index is 638. The van der Waals surface area contributed by atoms with Gasteiger partial charge < -0.3 is 0 Å². The Morgan fingerprint density at radius 1 is 1.00 bits per heavy atom. The molecule has 84 valence electrons. The van der Waals surface area contributed by atoms with Crippen LogP contribution in [-0.4, -0.2) is 0 Å². The van der Waals surface area contributed by atoms with Gasteiger partial charge in [-0.15, -0.1) is 22.7 Å². The van der Waals surface area contributed by atoms with Crippen LogP contribution in [0.15, 0.2) is 41.8 Å². The number of hydrogen-bond donors (Lipinski definition) is 0. The molecule has 0 fully saturated rings. The zero-order chi connectivity index (χ0) is 11.7. The van der Waals surface area contributed by atoms with Crippen molar-refractivity contribution < 1.29 is 0 Å². The predicted molar refractivity (Wildman–Crippen MR) is 79.8 cm³/mol. The SMILES string of the molecule is Cc1csc(/C=C/c2cc3ccccc3s2)c1. The molecule has 0 saturated carbocycles. The Balaban J connectivity index is 1.92. The Morgan fingerprint density at radius 2 is 1.82 bits per heavy atom. The quantitative estimate of drug-likeness (QED) is 0.572. The molecule has 3 aromatic rings. The molecule has 0 N–H and O–H groups in total. The topological polar surface area (TPSA) is 0 Å². The molecule has 2 heteroatoms. The molecule has 17 heavy (non-hydrogen) atoms. The molecule has 0 saturated heterocycles. The van der Waals surface area contributed by atoms with Crippen LogP contribution in [0.5, 0.6) is 0 Å². The van der Waals surface area contributed by atoms with Gasteiger partial charge in [0.25, 0.3) is 0 Å². The van der Waals surface area contributed by atoms with Gasteiger partial charge in [0.1, 0.15) is 0 Å². The molecule has 2 aromatic heterocycles. The lowest BCUT2D eigenvalue weighted by Crippen LogP contribution is -1.60. The smallest absolute Gasteiger partial charge is 0.0349 e. The van der Waals surface area contributed by atoms with Crippen molar-refractivity contribution in [2.75, 3.05) is 0 Å². The van der Waals surface area contributed by atoms with Crippen molar-refractivity contribution in [2.45, 2.75) is 6.92 Å². The molecule has 0 radical (unpaired) electrons. The average molecular weight is 256 g/mol. The summed E-state index contributed by atoms with van der Waals surface area (Å²) < 4.78 is 1.36. The fourth-order valence-electron chi connectivity index (χ4n) is 1.79. The number of thiophene rings is 2. The van der Waals surface area contributed by atoms with Crippen molar-refractivity contribution in [1.82, 2.24) is 0 Å². The molecular weight excluding hydrogens is 244 g/mol. The standard InChI is InChI=1S/C15H12S2/c1-11-8-13(16-10-11)6-7-14-9-12-4-2-3-5-15(12)17-14/h2-10H,1H3/b7-6+. The van der Waals surface area contributed by atoms with Crippen LogP contribution >= 0.6 is 22.7 Å². The maximum atomic E-state index is 2.25. The highest BCUT2D eigenvalue weighted by Crippen LogP contribution is 2.27. The Hall–Kier alpha value is -1.38. The summed E-state index contributed by atoms with van der Waals surface area (Å²) in [5.41, 5.74) is 1.34. The highest BCUT2D eigenvalue weighted by Gasteiger charge is 1.98. The van der Waals surface area contributed by atoms with E-state index in [2.05, 4.69) is 60.9 Å². The molecule has 2 heterocycles. The van der Waals surface area contributed by atoms with Gasteiger partial charge in [0.2, 0.25) is 0 Å². The molecule has 0 nitrogen and oxygen atoms in total. The van der Waals surface area contributed by atoms with Crippen LogP contribution in [0.25, 0.3) is 22.2 Å². The van der Waals surface area contributed by atoms with Gasteiger partial charge in [0, 0.05) is 14.5 Å². The van der Waals surface area contributed by atoms with E-state index in [4.69, 9.17) is 0 Å². The summed E-state index contributed by atoms with van der Waals surface area (Å²) in [6, 6.07) is 13.0. The van der Waals surface area contributed by atoms with Gasteiger partial charge in [-0.2, -0.15) is 0 Å². The van der Waals surface area contributed by atoms with Crippen LogP contribution in [0.2, 0.25) is 0 Å². The molecule has 0 spiro atoms. The summed E-state index contributed by atoms with van der Waals surface area (Å²) >= 11 is 3.63. The molecule has 0 bridgehead atoms. The van der Waals surface area contributed by atoms with Gasteiger partial charge in [0.05, 0.1) is 0 Å². The van der Waals surface area contributed by atoms with Crippen LogP contribution in [0, 0.1) is 6.92 Å². The van der Waals surface area contributed by atoms with Gasteiger partial charge >= 0.3 is 0 Å². The van der Waals surface area contributed by atoms with Gasteiger partial charge in [-0.3, -0.25) is 0 Å². The predicted octanol–water partition coefficient (Wildman–Crippen LogP) is 5.44. The first-order valence-corrected chi connectivity index (χ1v) is 7.23. The highest BCUT2D eigenvalue weighted by atomic mass is 32.1. The molecule has 3 rings (SSSR count). The Labute approximate surface area is 109 Å². The molecule has 0 aliphatic rings. The van der Waals surface area contributed by atoms with Crippen LogP contribution in [0.3, 0.4) is 0 Å². The molecule has 0 aliphatic heterocycles. The lowest BCUT2D eigenvalue weighted by atomic mass is 10.2. The number of aryl methyl sites for hydroxylation is 1. The number of fused-ring (bicyclic) bond motifs is 1. The van der Waals surface area contributed by atoms with Gasteiger partial charge in [-0.25, -0.2) is 0 Å². The second kappa shape index (κ2) is 4.47. The van der Waals surface area contributed by atoms with Crippen molar-refractivity contribution in [3.05, 3.63) is 57.1 Å². The van der Waals surface area contributed by atoms with E-state index in [1.165, 1.54) is 25.4 Å². The van der Waals surface area contributed by atoms with Crippen molar-refractivity contribution >= 4 is 44.9 Å².